The van der Waals surface area contributed by atoms with Crippen molar-refractivity contribution in [2.45, 2.75) is 11.3 Å². The SMILES string of the molecule is COc1ccc(S(=O)(=O)NC(=O)Cc2cccc(O)c2)cc1. The molecule has 116 valence electrons. The molecule has 2 aromatic carbocycles. The third-order valence-electron chi connectivity index (χ3n) is 2.89. The van der Waals surface area contributed by atoms with E-state index in [1.807, 2.05) is 4.72 Å². The van der Waals surface area contributed by atoms with Gasteiger partial charge in [0.15, 0.2) is 0 Å². The van der Waals surface area contributed by atoms with E-state index < -0.39 is 15.9 Å². The minimum absolute atomic E-state index is 0.0170. The molecule has 22 heavy (non-hydrogen) atoms. The monoisotopic (exact) mass is 321 g/mol. The lowest BCUT2D eigenvalue weighted by Crippen LogP contribution is -2.31. The van der Waals surface area contributed by atoms with Gasteiger partial charge >= 0.3 is 0 Å². The predicted molar refractivity (Wildman–Crippen MR) is 80.1 cm³/mol. The van der Waals surface area contributed by atoms with Crippen LogP contribution < -0.4 is 9.46 Å². The maximum atomic E-state index is 12.1. The number of phenols is 1. The van der Waals surface area contributed by atoms with Gasteiger partial charge in [0.1, 0.15) is 11.5 Å². The predicted octanol–water partition coefficient (Wildman–Crippen LogP) is 1.45. The van der Waals surface area contributed by atoms with Crippen LogP contribution >= 0.6 is 0 Å². The summed E-state index contributed by atoms with van der Waals surface area (Å²) in [5.41, 5.74) is 0.516. The van der Waals surface area contributed by atoms with Crippen LogP contribution in [0.15, 0.2) is 53.4 Å². The van der Waals surface area contributed by atoms with Gasteiger partial charge in [0, 0.05) is 0 Å². The molecule has 0 saturated heterocycles. The Labute approximate surface area is 128 Å². The fourth-order valence-corrected chi connectivity index (χ4v) is 2.84. The Hall–Kier alpha value is -2.54. The van der Waals surface area contributed by atoms with E-state index in [1.165, 1.54) is 43.5 Å². The fourth-order valence-electron chi connectivity index (χ4n) is 1.85. The second-order valence-corrected chi connectivity index (χ2v) is 6.23. The van der Waals surface area contributed by atoms with Crippen LogP contribution in [0, 0.1) is 0 Å². The lowest BCUT2D eigenvalue weighted by molar-refractivity contribution is -0.118. The minimum atomic E-state index is -3.93. The number of sulfonamides is 1. The number of nitrogens with one attached hydrogen (secondary N) is 1. The van der Waals surface area contributed by atoms with Crippen molar-refractivity contribution in [2.24, 2.45) is 0 Å². The molecule has 0 bridgehead atoms. The summed E-state index contributed by atoms with van der Waals surface area (Å²) in [7, 11) is -2.46. The summed E-state index contributed by atoms with van der Waals surface area (Å²) < 4.78 is 31.1. The van der Waals surface area contributed by atoms with Crippen molar-refractivity contribution < 1.29 is 23.1 Å². The second-order valence-electron chi connectivity index (χ2n) is 4.55. The lowest BCUT2D eigenvalue weighted by Gasteiger charge is -2.08. The van der Waals surface area contributed by atoms with Gasteiger partial charge in [-0.1, -0.05) is 12.1 Å². The molecule has 0 unspecified atom stereocenters. The zero-order valence-corrected chi connectivity index (χ0v) is 12.6. The first kappa shape index (κ1) is 15.8. The summed E-state index contributed by atoms with van der Waals surface area (Å²) in [6.45, 7) is 0. The van der Waals surface area contributed by atoms with E-state index in [9.17, 15) is 18.3 Å². The van der Waals surface area contributed by atoms with Gasteiger partial charge in [0.25, 0.3) is 10.0 Å². The summed E-state index contributed by atoms with van der Waals surface area (Å²) in [6, 6.07) is 11.8. The van der Waals surface area contributed by atoms with Crippen LogP contribution in [0.25, 0.3) is 0 Å². The zero-order valence-electron chi connectivity index (χ0n) is 11.8. The Balaban J connectivity index is 2.08. The molecule has 0 heterocycles. The van der Waals surface area contributed by atoms with Gasteiger partial charge in [-0.15, -0.1) is 0 Å². The average molecular weight is 321 g/mol. The largest absolute Gasteiger partial charge is 0.508 e. The number of phenolic OH excluding ortho intramolecular Hbond substituents is 1. The smallest absolute Gasteiger partial charge is 0.264 e. The number of amides is 1. The number of methoxy groups -OCH3 is 1. The van der Waals surface area contributed by atoms with Crippen LogP contribution in [0.1, 0.15) is 5.56 Å². The first-order chi connectivity index (χ1) is 10.4. The average Bonchev–Trinajstić information content (AvgIpc) is 2.46. The Kier molecular flexibility index (Phi) is 4.67. The Morgan fingerprint density at radius 2 is 1.86 bits per heavy atom. The van der Waals surface area contributed by atoms with Crippen molar-refractivity contribution in [3.05, 3.63) is 54.1 Å². The van der Waals surface area contributed by atoms with Gasteiger partial charge in [-0.25, -0.2) is 13.1 Å². The van der Waals surface area contributed by atoms with Crippen molar-refractivity contribution in [2.75, 3.05) is 7.11 Å². The van der Waals surface area contributed by atoms with Crippen LogP contribution in [0.3, 0.4) is 0 Å². The molecule has 6 nitrogen and oxygen atoms in total. The number of benzene rings is 2. The normalized spacial score (nSPS) is 11.0. The van der Waals surface area contributed by atoms with E-state index in [-0.39, 0.29) is 17.1 Å². The van der Waals surface area contributed by atoms with Gasteiger partial charge in [-0.05, 0) is 42.0 Å². The Morgan fingerprint density at radius 3 is 2.45 bits per heavy atom. The molecule has 0 aliphatic rings. The number of aromatic hydroxyl groups is 1. The molecular weight excluding hydrogens is 306 g/mol. The topological polar surface area (TPSA) is 92.7 Å². The van der Waals surface area contributed by atoms with Gasteiger partial charge in [-0.2, -0.15) is 0 Å². The molecule has 0 aromatic heterocycles. The van der Waals surface area contributed by atoms with Crippen LogP contribution in [-0.4, -0.2) is 26.5 Å². The summed E-state index contributed by atoms with van der Waals surface area (Å²) in [6.07, 6.45) is -0.149. The number of rotatable bonds is 5. The molecule has 1 amide bonds. The highest BCUT2D eigenvalue weighted by atomic mass is 32.2. The van der Waals surface area contributed by atoms with E-state index >= 15 is 0 Å². The second kappa shape index (κ2) is 6.48. The lowest BCUT2D eigenvalue weighted by atomic mass is 10.1. The standard InChI is InChI=1S/C15H15NO5S/c1-21-13-5-7-14(8-6-13)22(19,20)16-15(18)10-11-3-2-4-12(17)9-11/h2-9,17H,10H2,1H3,(H,16,18). The van der Waals surface area contributed by atoms with Crippen LogP contribution in [-0.2, 0) is 21.2 Å². The van der Waals surface area contributed by atoms with Crippen molar-refractivity contribution in [1.29, 1.82) is 0 Å². The van der Waals surface area contributed by atoms with E-state index in [0.717, 1.165) is 0 Å². The number of hydrogen-bond donors (Lipinski definition) is 2. The molecule has 7 heteroatoms. The molecule has 2 rings (SSSR count). The molecule has 0 aliphatic heterocycles. The highest BCUT2D eigenvalue weighted by Crippen LogP contribution is 2.16. The van der Waals surface area contributed by atoms with Gasteiger partial charge < -0.3 is 9.84 Å². The van der Waals surface area contributed by atoms with Crippen LogP contribution in [0.2, 0.25) is 0 Å². The summed E-state index contributed by atoms with van der Waals surface area (Å²) in [5.74, 6) is -0.144. The van der Waals surface area contributed by atoms with Gasteiger partial charge in [-0.3, -0.25) is 4.79 Å². The van der Waals surface area contributed by atoms with Crippen molar-refractivity contribution in [1.82, 2.24) is 4.72 Å². The first-order valence-electron chi connectivity index (χ1n) is 6.38. The van der Waals surface area contributed by atoms with Crippen molar-refractivity contribution in [3.8, 4) is 11.5 Å². The number of ether oxygens (including phenoxy) is 1. The van der Waals surface area contributed by atoms with Crippen LogP contribution in [0.5, 0.6) is 11.5 Å². The first-order valence-corrected chi connectivity index (χ1v) is 7.86. The number of hydrogen-bond acceptors (Lipinski definition) is 5. The van der Waals surface area contributed by atoms with Gasteiger partial charge in [0.05, 0.1) is 18.4 Å². The maximum absolute atomic E-state index is 12.1. The third-order valence-corrected chi connectivity index (χ3v) is 4.28. The molecule has 0 aliphatic carbocycles. The van der Waals surface area contributed by atoms with E-state index in [4.69, 9.17) is 4.74 Å². The van der Waals surface area contributed by atoms with Crippen molar-refractivity contribution in [3.63, 3.8) is 0 Å². The molecule has 0 spiro atoms. The summed E-state index contributed by atoms with van der Waals surface area (Å²) in [4.78, 5) is 11.8. The Bertz CT molecular complexity index is 769. The van der Waals surface area contributed by atoms with E-state index in [2.05, 4.69) is 0 Å². The molecule has 0 radical (unpaired) electrons. The van der Waals surface area contributed by atoms with Crippen molar-refractivity contribution >= 4 is 15.9 Å². The maximum Gasteiger partial charge on any atom is 0.264 e. The number of carbonyl (C=O) groups is 1. The van der Waals surface area contributed by atoms with Gasteiger partial charge in [0.2, 0.25) is 5.91 Å². The zero-order chi connectivity index (χ0) is 16.2. The summed E-state index contributed by atoms with van der Waals surface area (Å²) >= 11 is 0. The van der Waals surface area contributed by atoms with E-state index in [0.29, 0.717) is 11.3 Å². The molecule has 2 aromatic rings. The fraction of sp³-hybridized carbons (Fsp3) is 0.133. The molecule has 0 fully saturated rings. The highest BCUT2D eigenvalue weighted by molar-refractivity contribution is 7.90. The third kappa shape index (κ3) is 3.98. The van der Waals surface area contributed by atoms with Crippen LogP contribution in [0.4, 0.5) is 0 Å². The molecule has 2 N–H and O–H groups in total. The highest BCUT2D eigenvalue weighted by Gasteiger charge is 2.17. The molecule has 0 atom stereocenters. The summed E-state index contributed by atoms with van der Waals surface area (Å²) in [5, 5.41) is 9.32. The number of carbonyl (C=O) groups excluding carboxylic acids is 1. The molecular formula is C15H15NO5S. The minimum Gasteiger partial charge on any atom is -0.508 e. The quantitative estimate of drug-likeness (QED) is 0.869. The van der Waals surface area contributed by atoms with E-state index in [1.54, 1.807) is 12.1 Å². The Morgan fingerprint density at radius 1 is 1.18 bits per heavy atom. The molecule has 0 saturated carbocycles.